The molecule has 0 spiro atoms. The van der Waals surface area contributed by atoms with E-state index in [-0.39, 0.29) is 9.79 Å². The third kappa shape index (κ3) is 6.44. The lowest BCUT2D eigenvalue weighted by molar-refractivity contribution is 0.309. The average molecular weight is 489 g/mol. The zero-order chi connectivity index (χ0) is 21.8. The molecule has 3 rings (SSSR count). The molecule has 0 unspecified atom stereocenters. The molecule has 1 aliphatic rings. The molecule has 0 aromatic heterocycles. The molecule has 0 amide bonds. The Bertz CT molecular complexity index is 963. The molecule has 1 saturated heterocycles. The number of nitrogens with one attached hydrogen (secondary N) is 2. The van der Waals surface area contributed by atoms with Gasteiger partial charge in [-0.1, -0.05) is 35.4 Å². The summed E-state index contributed by atoms with van der Waals surface area (Å²) < 4.78 is 50.3. The van der Waals surface area contributed by atoms with Crippen LogP contribution < -0.4 is 9.66 Å². The van der Waals surface area contributed by atoms with Gasteiger partial charge in [0, 0.05) is 0 Å². The normalized spacial score (nSPS) is 17.4. The summed E-state index contributed by atoms with van der Waals surface area (Å²) in [6, 6.07) is 13.3. The number of hydrogen-bond acceptors (Lipinski definition) is 8. The van der Waals surface area contributed by atoms with Crippen molar-refractivity contribution in [1.82, 2.24) is 19.7 Å². The minimum absolute atomic E-state index is 0.206. The van der Waals surface area contributed by atoms with Gasteiger partial charge in [-0.25, -0.2) is 26.9 Å². The van der Waals surface area contributed by atoms with E-state index in [1.807, 2.05) is 13.8 Å². The lowest BCUT2D eigenvalue weighted by Crippen LogP contribution is -2.46. The summed E-state index contributed by atoms with van der Waals surface area (Å²) in [6.07, 6.45) is 0. The Balaban J connectivity index is 1.56. The van der Waals surface area contributed by atoms with Crippen molar-refractivity contribution in [3.05, 3.63) is 59.7 Å². The summed E-state index contributed by atoms with van der Waals surface area (Å²) in [7, 11) is -7.33. The molecule has 12 heteroatoms. The first-order chi connectivity index (χ1) is 14.2. The molecule has 0 atom stereocenters. The highest BCUT2D eigenvalue weighted by Gasteiger charge is 2.23. The summed E-state index contributed by atoms with van der Waals surface area (Å²) >= 11 is 2.81. The third-order valence-corrected chi connectivity index (χ3v) is 8.91. The SMILES string of the molecule is Cc1ccc(S(=O)(=O)NN2CSCN(NS(=O)(=O)c3ccc(C)cc3)CSC2)cc1. The van der Waals surface area contributed by atoms with Gasteiger partial charge in [0.1, 0.15) is 0 Å². The van der Waals surface area contributed by atoms with E-state index in [9.17, 15) is 16.8 Å². The van der Waals surface area contributed by atoms with E-state index in [1.54, 1.807) is 58.5 Å². The first-order valence-electron chi connectivity index (χ1n) is 8.99. The fraction of sp³-hybridized carbons (Fsp3) is 0.333. The van der Waals surface area contributed by atoms with Gasteiger partial charge in [-0.2, -0.15) is 0 Å². The summed E-state index contributed by atoms with van der Waals surface area (Å²) in [5, 5.41) is 3.21. The van der Waals surface area contributed by atoms with Gasteiger partial charge in [-0.15, -0.1) is 33.2 Å². The summed E-state index contributed by atoms with van der Waals surface area (Å²) in [5.41, 5.74) is 1.97. The molecule has 8 nitrogen and oxygen atoms in total. The lowest BCUT2D eigenvalue weighted by Gasteiger charge is -2.29. The first kappa shape index (κ1) is 23.5. The van der Waals surface area contributed by atoms with Crippen LogP contribution in [0.5, 0.6) is 0 Å². The molecule has 1 aliphatic heterocycles. The molecule has 164 valence electrons. The Morgan fingerprint density at radius 3 is 1.23 bits per heavy atom. The monoisotopic (exact) mass is 488 g/mol. The zero-order valence-electron chi connectivity index (χ0n) is 16.6. The molecule has 2 aromatic carbocycles. The van der Waals surface area contributed by atoms with Gasteiger partial charge in [0.2, 0.25) is 0 Å². The molecule has 2 aromatic rings. The molecule has 30 heavy (non-hydrogen) atoms. The number of benzene rings is 2. The van der Waals surface area contributed by atoms with Crippen LogP contribution in [0, 0.1) is 13.8 Å². The minimum atomic E-state index is -3.66. The van der Waals surface area contributed by atoms with Crippen LogP contribution in [-0.4, -0.2) is 50.4 Å². The summed E-state index contributed by atoms with van der Waals surface area (Å²) in [6.45, 7) is 3.79. The minimum Gasteiger partial charge on any atom is -0.211 e. The topological polar surface area (TPSA) is 98.8 Å². The van der Waals surface area contributed by atoms with Gasteiger partial charge >= 0.3 is 0 Å². The van der Waals surface area contributed by atoms with Gasteiger partial charge in [-0.3, -0.25) is 0 Å². The summed E-state index contributed by atoms with van der Waals surface area (Å²) in [4.78, 5) is 5.61. The van der Waals surface area contributed by atoms with Gasteiger partial charge < -0.3 is 0 Å². The molecule has 1 heterocycles. The van der Waals surface area contributed by atoms with Crippen LogP contribution in [0.3, 0.4) is 0 Å². The van der Waals surface area contributed by atoms with Crippen molar-refractivity contribution in [3.8, 4) is 0 Å². The van der Waals surface area contributed by atoms with Crippen LogP contribution in [-0.2, 0) is 20.0 Å². The highest BCUT2D eigenvalue weighted by molar-refractivity contribution is 8.00. The van der Waals surface area contributed by atoms with Gasteiger partial charge in [0.25, 0.3) is 20.0 Å². The lowest BCUT2D eigenvalue weighted by atomic mass is 10.2. The molecule has 0 saturated carbocycles. The van der Waals surface area contributed by atoms with Crippen LogP contribution in [0.2, 0.25) is 0 Å². The van der Waals surface area contributed by atoms with E-state index in [0.717, 1.165) is 11.1 Å². The predicted molar refractivity (Wildman–Crippen MR) is 121 cm³/mol. The van der Waals surface area contributed by atoms with Crippen LogP contribution in [0.25, 0.3) is 0 Å². The molecule has 0 bridgehead atoms. The van der Waals surface area contributed by atoms with Gasteiger partial charge in [0.05, 0.1) is 33.3 Å². The van der Waals surface area contributed by atoms with E-state index in [1.165, 1.54) is 23.5 Å². The third-order valence-electron chi connectivity index (χ3n) is 4.15. The zero-order valence-corrected chi connectivity index (χ0v) is 19.9. The van der Waals surface area contributed by atoms with Crippen LogP contribution in [0.1, 0.15) is 11.1 Å². The van der Waals surface area contributed by atoms with E-state index in [4.69, 9.17) is 0 Å². The van der Waals surface area contributed by atoms with Crippen molar-refractivity contribution in [1.29, 1.82) is 0 Å². The number of hydrazine groups is 2. The standard InChI is InChI=1S/C18H24N4O4S4/c1-15-3-7-17(8-4-15)29(23,24)19-21-11-27-13-22(14-28-12-21)20-30(25,26)18-9-5-16(2)6-10-18/h3-10,19-20H,11-14H2,1-2H3. The van der Waals surface area contributed by atoms with Crippen LogP contribution >= 0.6 is 23.5 Å². The Morgan fingerprint density at radius 1 is 0.633 bits per heavy atom. The van der Waals surface area contributed by atoms with E-state index >= 15 is 0 Å². The Kier molecular flexibility index (Phi) is 7.85. The maximum absolute atomic E-state index is 12.6. The van der Waals surface area contributed by atoms with Gasteiger partial charge in [0.15, 0.2) is 0 Å². The van der Waals surface area contributed by atoms with Crippen LogP contribution in [0.15, 0.2) is 58.3 Å². The Morgan fingerprint density at radius 2 is 0.933 bits per heavy atom. The largest absolute Gasteiger partial charge is 0.253 e. The second-order valence-electron chi connectivity index (χ2n) is 6.82. The number of rotatable bonds is 6. The smallest absolute Gasteiger partial charge is 0.211 e. The van der Waals surface area contributed by atoms with Gasteiger partial charge in [-0.05, 0) is 38.1 Å². The fourth-order valence-corrected chi connectivity index (χ4v) is 6.95. The van der Waals surface area contributed by atoms with Crippen molar-refractivity contribution in [2.75, 3.05) is 23.5 Å². The second-order valence-corrected chi connectivity index (χ2v) is 12.0. The highest BCUT2D eigenvalue weighted by Crippen LogP contribution is 2.19. The van der Waals surface area contributed by atoms with Crippen molar-refractivity contribution in [3.63, 3.8) is 0 Å². The molecule has 1 fully saturated rings. The van der Waals surface area contributed by atoms with E-state index < -0.39 is 20.0 Å². The van der Waals surface area contributed by atoms with Crippen molar-refractivity contribution in [2.45, 2.75) is 23.6 Å². The maximum atomic E-state index is 12.6. The van der Waals surface area contributed by atoms with E-state index in [0.29, 0.717) is 23.5 Å². The number of thioether (sulfide) groups is 2. The molecule has 2 N–H and O–H groups in total. The average Bonchev–Trinajstić information content (AvgIpc) is 2.66. The molecular weight excluding hydrogens is 464 g/mol. The van der Waals surface area contributed by atoms with Crippen molar-refractivity contribution >= 4 is 43.6 Å². The predicted octanol–water partition coefficient (Wildman–Crippen LogP) is 2.30. The maximum Gasteiger partial charge on any atom is 0.253 e. The van der Waals surface area contributed by atoms with Crippen molar-refractivity contribution < 1.29 is 16.8 Å². The van der Waals surface area contributed by atoms with E-state index in [2.05, 4.69) is 9.66 Å². The second kappa shape index (κ2) is 10.0. The Hall–Kier alpha value is -1.12. The van der Waals surface area contributed by atoms with Crippen molar-refractivity contribution in [2.24, 2.45) is 0 Å². The number of sulfonamides is 2. The molecule has 0 aliphatic carbocycles. The van der Waals surface area contributed by atoms with Crippen LogP contribution in [0.4, 0.5) is 0 Å². The highest BCUT2D eigenvalue weighted by atomic mass is 32.2. The number of hydrogen-bond donors (Lipinski definition) is 2. The molecular formula is C18H24N4O4S4. The summed E-state index contributed by atoms with van der Waals surface area (Å²) in [5.74, 6) is 1.50. The Labute approximate surface area is 186 Å². The quantitative estimate of drug-likeness (QED) is 0.639. The number of aryl methyl sites for hydroxylation is 2. The first-order valence-corrected chi connectivity index (χ1v) is 14.3. The number of nitrogens with zero attached hydrogens (tertiary/aromatic N) is 2. The fourth-order valence-electron chi connectivity index (χ4n) is 2.58. The molecule has 0 radical (unpaired) electrons.